The topological polar surface area (TPSA) is 81.4 Å². The van der Waals surface area contributed by atoms with E-state index in [4.69, 9.17) is 9.72 Å². The third-order valence-corrected chi connectivity index (χ3v) is 6.80. The van der Waals surface area contributed by atoms with Gasteiger partial charge in [-0.25, -0.2) is 14.2 Å². The smallest absolute Gasteiger partial charge is 0.340 e. The Labute approximate surface area is 171 Å². The molecule has 0 aromatic carbocycles. The van der Waals surface area contributed by atoms with Crippen LogP contribution in [0.3, 0.4) is 0 Å². The lowest BCUT2D eigenvalue weighted by Crippen LogP contribution is -2.32. The van der Waals surface area contributed by atoms with Crippen molar-refractivity contribution >= 4 is 11.5 Å². The van der Waals surface area contributed by atoms with E-state index < -0.39 is 12.1 Å². The number of cyclic esters (lactones) is 1. The van der Waals surface area contributed by atoms with Crippen LogP contribution in [0.5, 0.6) is 0 Å². The Bertz CT molecular complexity index is 1300. The number of fused-ring (bicyclic) bond motifs is 5. The highest BCUT2D eigenvalue weighted by molar-refractivity contribution is 5.83. The van der Waals surface area contributed by atoms with Crippen molar-refractivity contribution in [3.8, 4) is 11.4 Å². The molecule has 152 valence electrons. The zero-order valence-corrected chi connectivity index (χ0v) is 16.4. The summed E-state index contributed by atoms with van der Waals surface area (Å²) in [7, 11) is 0. The summed E-state index contributed by atoms with van der Waals surface area (Å²) in [5.74, 6) is -0.941. The van der Waals surface area contributed by atoms with E-state index in [1.807, 2.05) is 6.92 Å². The second-order valence-electron chi connectivity index (χ2n) is 8.32. The van der Waals surface area contributed by atoms with Gasteiger partial charge in [-0.05, 0) is 55.0 Å². The van der Waals surface area contributed by atoms with Gasteiger partial charge in [0.15, 0.2) is 6.10 Å². The van der Waals surface area contributed by atoms with Crippen LogP contribution in [0.25, 0.3) is 17.0 Å². The molecule has 2 aliphatic heterocycles. The number of rotatable bonds is 0. The molecule has 0 saturated heterocycles. The summed E-state index contributed by atoms with van der Waals surface area (Å²) in [4.78, 5) is 29.8. The molecule has 2 aliphatic carbocycles. The first-order valence-electron chi connectivity index (χ1n) is 10.2. The predicted octanol–water partition coefficient (Wildman–Crippen LogP) is 2.88. The van der Waals surface area contributed by atoms with Crippen molar-refractivity contribution in [2.75, 3.05) is 0 Å². The molecule has 2 aromatic rings. The number of aliphatic hydroxyl groups excluding tert-OH is 1. The SMILES string of the molecule is CC1=C2CCCc3c4c(nc(c32)CC=C1F)-c1cc2c(c(=O)n1C4)COC(=O)[C@H]2O. The van der Waals surface area contributed by atoms with Crippen molar-refractivity contribution in [2.24, 2.45) is 0 Å². The van der Waals surface area contributed by atoms with E-state index in [0.29, 0.717) is 41.1 Å². The average Bonchev–Trinajstić information content (AvgIpc) is 3.07. The zero-order chi connectivity index (χ0) is 20.7. The minimum atomic E-state index is -1.47. The molecule has 30 heavy (non-hydrogen) atoms. The third kappa shape index (κ3) is 2.18. The van der Waals surface area contributed by atoms with Crippen LogP contribution in [0.2, 0.25) is 0 Å². The van der Waals surface area contributed by atoms with E-state index in [0.717, 1.165) is 47.2 Å². The number of allylic oxidation sites excluding steroid dienone is 4. The summed E-state index contributed by atoms with van der Waals surface area (Å²) in [6.45, 7) is 2.08. The van der Waals surface area contributed by atoms with E-state index in [9.17, 15) is 19.1 Å². The zero-order valence-electron chi connectivity index (χ0n) is 16.4. The number of esters is 1. The van der Waals surface area contributed by atoms with Gasteiger partial charge in [0, 0.05) is 23.1 Å². The van der Waals surface area contributed by atoms with Gasteiger partial charge in [0.1, 0.15) is 12.4 Å². The Morgan fingerprint density at radius 2 is 2.07 bits per heavy atom. The van der Waals surface area contributed by atoms with Crippen molar-refractivity contribution in [1.82, 2.24) is 9.55 Å². The van der Waals surface area contributed by atoms with Crippen molar-refractivity contribution < 1.29 is 19.0 Å². The van der Waals surface area contributed by atoms with E-state index in [1.54, 1.807) is 16.7 Å². The van der Waals surface area contributed by atoms with Gasteiger partial charge in [0.25, 0.3) is 5.56 Å². The average molecular weight is 406 g/mol. The molecule has 4 heterocycles. The number of aliphatic hydroxyl groups is 1. The maximum Gasteiger partial charge on any atom is 0.340 e. The first-order valence-corrected chi connectivity index (χ1v) is 10.2. The Kier molecular flexibility index (Phi) is 3.54. The second kappa shape index (κ2) is 5.98. The molecule has 0 radical (unpaired) electrons. The number of carbonyl (C=O) groups excluding carboxylic acids is 1. The lowest BCUT2D eigenvalue weighted by molar-refractivity contribution is -0.157. The summed E-state index contributed by atoms with van der Waals surface area (Å²) in [6, 6.07) is 1.69. The van der Waals surface area contributed by atoms with Crippen LogP contribution in [0.1, 0.15) is 59.4 Å². The molecule has 0 fully saturated rings. The van der Waals surface area contributed by atoms with Gasteiger partial charge < -0.3 is 14.4 Å². The normalized spacial score (nSPS) is 21.2. The Hall–Kier alpha value is -3.06. The first kappa shape index (κ1) is 17.8. The molecule has 1 N–H and O–H groups in total. The van der Waals surface area contributed by atoms with Crippen molar-refractivity contribution in [2.45, 2.75) is 51.9 Å². The van der Waals surface area contributed by atoms with Crippen LogP contribution in [-0.4, -0.2) is 20.6 Å². The number of ether oxygens (including phenoxy) is 1. The number of aromatic nitrogens is 2. The molecule has 1 atom stereocenters. The molecular weight excluding hydrogens is 387 g/mol. The highest BCUT2D eigenvalue weighted by Gasteiger charge is 2.36. The molecule has 0 spiro atoms. The highest BCUT2D eigenvalue weighted by atomic mass is 19.1. The number of halogens is 1. The van der Waals surface area contributed by atoms with Gasteiger partial charge >= 0.3 is 5.97 Å². The van der Waals surface area contributed by atoms with Crippen LogP contribution in [0.15, 0.2) is 28.3 Å². The monoisotopic (exact) mass is 406 g/mol. The van der Waals surface area contributed by atoms with E-state index >= 15 is 0 Å². The summed E-state index contributed by atoms with van der Waals surface area (Å²) in [6.07, 6.45) is 3.10. The molecule has 2 aromatic heterocycles. The molecule has 0 unspecified atom stereocenters. The van der Waals surface area contributed by atoms with E-state index in [2.05, 4.69) is 0 Å². The quantitative estimate of drug-likeness (QED) is 0.581. The molecular formula is C23H19FN2O4. The summed E-state index contributed by atoms with van der Waals surface area (Å²) in [5.41, 5.74) is 7.35. The number of pyridine rings is 2. The fourth-order valence-electron chi connectivity index (χ4n) is 5.27. The van der Waals surface area contributed by atoms with Crippen LogP contribution in [0.4, 0.5) is 4.39 Å². The van der Waals surface area contributed by atoms with E-state index in [1.165, 1.54) is 0 Å². The number of nitrogens with zero attached hydrogens (tertiary/aromatic N) is 2. The van der Waals surface area contributed by atoms with Crippen LogP contribution in [-0.2, 0) is 35.5 Å². The minimum absolute atomic E-state index is 0.131. The fraction of sp³-hybridized carbons (Fsp3) is 0.348. The second-order valence-corrected chi connectivity index (χ2v) is 8.32. The van der Waals surface area contributed by atoms with Crippen LogP contribution >= 0.6 is 0 Å². The van der Waals surface area contributed by atoms with E-state index in [-0.39, 0.29) is 18.0 Å². The van der Waals surface area contributed by atoms with Crippen LogP contribution < -0.4 is 5.56 Å². The Balaban J connectivity index is 1.63. The molecule has 0 saturated carbocycles. The predicted molar refractivity (Wildman–Crippen MR) is 106 cm³/mol. The lowest BCUT2D eigenvalue weighted by atomic mass is 9.81. The van der Waals surface area contributed by atoms with Gasteiger partial charge in [-0.2, -0.15) is 0 Å². The van der Waals surface area contributed by atoms with Crippen molar-refractivity contribution in [3.63, 3.8) is 0 Å². The van der Waals surface area contributed by atoms with Gasteiger partial charge in [0.05, 0.1) is 29.2 Å². The molecule has 6 rings (SSSR count). The number of carbonyl (C=O) groups is 1. The molecule has 0 bridgehead atoms. The van der Waals surface area contributed by atoms with Gasteiger partial charge in [-0.15, -0.1) is 0 Å². The number of hydrogen-bond acceptors (Lipinski definition) is 5. The summed E-state index contributed by atoms with van der Waals surface area (Å²) in [5, 5.41) is 10.3. The maximum absolute atomic E-state index is 14.5. The van der Waals surface area contributed by atoms with Crippen LogP contribution in [0, 0.1) is 0 Å². The molecule has 0 amide bonds. The minimum Gasteiger partial charge on any atom is -0.458 e. The largest absolute Gasteiger partial charge is 0.458 e. The fourth-order valence-corrected chi connectivity index (χ4v) is 5.27. The van der Waals surface area contributed by atoms with Crippen molar-refractivity contribution in [1.29, 1.82) is 0 Å². The molecule has 4 aliphatic rings. The molecule has 6 nitrogen and oxygen atoms in total. The standard InChI is InChI=1S/C23H19FN2O4/c1-10-11-3-2-4-12-14-8-26-18(20(14)25-17(19(11)12)6-5-16(10)24)7-13-15(22(26)28)9-30-23(29)21(13)27/h5,7,21,27H,2-4,6,8-9H2,1H3/t21-/m0/s1. The Morgan fingerprint density at radius 1 is 1.23 bits per heavy atom. The highest BCUT2D eigenvalue weighted by Crippen LogP contribution is 2.45. The van der Waals surface area contributed by atoms with Gasteiger partial charge in [0.2, 0.25) is 0 Å². The maximum atomic E-state index is 14.5. The first-order chi connectivity index (χ1) is 14.5. The molecule has 7 heteroatoms. The van der Waals surface area contributed by atoms with Gasteiger partial charge in [-0.1, -0.05) is 0 Å². The third-order valence-electron chi connectivity index (χ3n) is 6.80. The van der Waals surface area contributed by atoms with Gasteiger partial charge in [-0.3, -0.25) is 4.79 Å². The van der Waals surface area contributed by atoms with Crippen molar-refractivity contribution in [3.05, 3.63) is 67.4 Å². The Morgan fingerprint density at radius 3 is 2.90 bits per heavy atom. The number of hydrogen-bond donors (Lipinski definition) is 1. The lowest BCUT2D eigenvalue weighted by Gasteiger charge is -2.24. The summed E-state index contributed by atoms with van der Waals surface area (Å²) >= 11 is 0. The summed E-state index contributed by atoms with van der Waals surface area (Å²) < 4.78 is 21.1.